The molecule has 0 saturated carbocycles. The van der Waals surface area contributed by atoms with Crippen molar-refractivity contribution in [1.82, 2.24) is 15.5 Å². The fourth-order valence-electron chi connectivity index (χ4n) is 2.26. The van der Waals surface area contributed by atoms with Crippen molar-refractivity contribution in [3.63, 3.8) is 0 Å². The summed E-state index contributed by atoms with van der Waals surface area (Å²) >= 11 is 4.00. The first-order chi connectivity index (χ1) is 9.08. The molecule has 108 valence electrons. The van der Waals surface area contributed by atoms with E-state index < -0.39 is 0 Å². The molecule has 0 bridgehead atoms. The Morgan fingerprint density at radius 1 is 1.32 bits per heavy atom. The van der Waals surface area contributed by atoms with Gasteiger partial charge in [-0.15, -0.1) is 11.8 Å². The van der Waals surface area contributed by atoms with E-state index in [0.29, 0.717) is 16.4 Å². The highest BCUT2D eigenvalue weighted by atomic mass is 32.2. The third-order valence-electron chi connectivity index (χ3n) is 3.30. The highest BCUT2D eigenvalue weighted by Gasteiger charge is 2.33. The van der Waals surface area contributed by atoms with Crippen molar-refractivity contribution in [2.24, 2.45) is 0 Å². The smallest absolute Gasteiger partial charge is 0.246 e. The standard InChI is InChI=1S/C13H23N3OS2/c1-5-9-10(19-8-7-18-9)11-15-12(17-16-11)13(3,4)14-6-2/h9-10,14H,5-8H2,1-4H3. The Hall–Kier alpha value is -0.200. The SMILES string of the molecule is CCNC(C)(C)c1nc(C2SCCSC2CC)no1. The van der Waals surface area contributed by atoms with Gasteiger partial charge in [-0.3, -0.25) is 0 Å². The van der Waals surface area contributed by atoms with Crippen LogP contribution in [0.2, 0.25) is 0 Å². The van der Waals surface area contributed by atoms with Crippen LogP contribution in [-0.2, 0) is 5.54 Å². The van der Waals surface area contributed by atoms with Crippen LogP contribution >= 0.6 is 23.5 Å². The monoisotopic (exact) mass is 301 g/mol. The molecule has 1 aliphatic heterocycles. The van der Waals surface area contributed by atoms with Gasteiger partial charge in [0.25, 0.3) is 0 Å². The van der Waals surface area contributed by atoms with Gasteiger partial charge >= 0.3 is 0 Å². The largest absolute Gasteiger partial charge is 0.337 e. The van der Waals surface area contributed by atoms with Crippen molar-refractivity contribution in [1.29, 1.82) is 0 Å². The summed E-state index contributed by atoms with van der Waals surface area (Å²) in [5, 5.41) is 8.57. The maximum atomic E-state index is 5.48. The third kappa shape index (κ3) is 3.47. The molecule has 1 aromatic heterocycles. The van der Waals surface area contributed by atoms with Crippen LogP contribution in [0.25, 0.3) is 0 Å². The molecule has 1 N–H and O–H groups in total. The summed E-state index contributed by atoms with van der Waals surface area (Å²) in [4.78, 5) is 4.65. The van der Waals surface area contributed by atoms with E-state index in [-0.39, 0.29) is 5.54 Å². The molecule has 2 atom stereocenters. The zero-order valence-corrected chi connectivity index (χ0v) is 13.7. The van der Waals surface area contributed by atoms with Crippen molar-refractivity contribution in [3.8, 4) is 0 Å². The Morgan fingerprint density at radius 3 is 2.74 bits per heavy atom. The minimum atomic E-state index is -0.256. The fraction of sp³-hybridized carbons (Fsp3) is 0.846. The second kappa shape index (κ2) is 6.50. The summed E-state index contributed by atoms with van der Waals surface area (Å²) in [5.74, 6) is 3.96. The first kappa shape index (κ1) is 15.2. The number of hydrogen-bond acceptors (Lipinski definition) is 6. The van der Waals surface area contributed by atoms with Crippen LogP contribution in [0.1, 0.15) is 51.1 Å². The molecule has 2 unspecified atom stereocenters. The normalized spacial score (nSPS) is 24.6. The molecule has 0 amide bonds. The van der Waals surface area contributed by atoms with Crippen molar-refractivity contribution < 1.29 is 4.52 Å². The van der Waals surface area contributed by atoms with Crippen LogP contribution in [0.4, 0.5) is 0 Å². The van der Waals surface area contributed by atoms with Gasteiger partial charge in [0.15, 0.2) is 5.82 Å². The molecule has 0 aromatic carbocycles. The van der Waals surface area contributed by atoms with Gasteiger partial charge in [-0.2, -0.15) is 16.7 Å². The molecule has 4 nitrogen and oxygen atoms in total. The fourth-order valence-corrected chi connectivity index (χ4v) is 5.25. The van der Waals surface area contributed by atoms with Crippen molar-refractivity contribution in [2.45, 2.75) is 50.2 Å². The third-order valence-corrected chi connectivity index (χ3v) is 6.54. The number of nitrogens with zero attached hydrogens (tertiary/aromatic N) is 2. The zero-order valence-electron chi connectivity index (χ0n) is 12.1. The van der Waals surface area contributed by atoms with E-state index in [1.807, 2.05) is 23.5 Å². The Morgan fingerprint density at radius 2 is 2.05 bits per heavy atom. The maximum absolute atomic E-state index is 5.48. The molecular formula is C13H23N3OS2. The Kier molecular flexibility index (Phi) is 5.20. The van der Waals surface area contributed by atoms with Gasteiger partial charge in [-0.05, 0) is 26.8 Å². The van der Waals surface area contributed by atoms with Crippen molar-refractivity contribution >= 4 is 23.5 Å². The van der Waals surface area contributed by atoms with Crippen LogP contribution in [0.5, 0.6) is 0 Å². The van der Waals surface area contributed by atoms with E-state index in [1.54, 1.807) is 0 Å². The molecule has 0 spiro atoms. The van der Waals surface area contributed by atoms with Crippen LogP contribution in [-0.4, -0.2) is 33.4 Å². The molecule has 6 heteroatoms. The first-order valence-electron chi connectivity index (χ1n) is 6.90. The van der Waals surface area contributed by atoms with E-state index in [2.05, 4.69) is 43.2 Å². The minimum absolute atomic E-state index is 0.256. The molecule has 0 aliphatic carbocycles. The lowest BCUT2D eigenvalue weighted by atomic mass is 10.1. The summed E-state index contributed by atoms with van der Waals surface area (Å²) in [6.45, 7) is 9.36. The van der Waals surface area contributed by atoms with E-state index in [4.69, 9.17) is 4.52 Å². The number of hydrogen-bond donors (Lipinski definition) is 1. The van der Waals surface area contributed by atoms with Gasteiger partial charge < -0.3 is 9.84 Å². The van der Waals surface area contributed by atoms with Gasteiger partial charge in [0.05, 0.1) is 10.8 Å². The molecule has 2 heterocycles. The molecule has 1 fully saturated rings. The van der Waals surface area contributed by atoms with Crippen LogP contribution in [0, 0.1) is 0 Å². The summed E-state index contributed by atoms with van der Waals surface area (Å²) in [5.41, 5.74) is -0.256. The van der Waals surface area contributed by atoms with E-state index >= 15 is 0 Å². The molecule has 0 radical (unpaired) electrons. The number of nitrogens with one attached hydrogen (secondary N) is 1. The predicted molar refractivity (Wildman–Crippen MR) is 82.7 cm³/mol. The summed E-state index contributed by atoms with van der Waals surface area (Å²) < 4.78 is 5.48. The molecular weight excluding hydrogens is 278 g/mol. The number of rotatable bonds is 5. The molecule has 1 aliphatic rings. The second-order valence-electron chi connectivity index (χ2n) is 5.22. The summed E-state index contributed by atoms with van der Waals surface area (Å²) in [6.07, 6.45) is 1.16. The quantitative estimate of drug-likeness (QED) is 0.901. The molecule has 1 aromatic rings. The van der Waals surface area contributed by atoms with Crippen LogP contribution in [0.3, 0.4) is 0 Å². The van der Waals surface area contributed by atoms with Gasteiger partial charge in [0, 0.05) is 16.8 Å². The number of thioether (sulfide) groups is 2. The van der Waals surface area contributed by atoms with Gasteiger partial charge in [0.1, 0.15) is 0 Å². The van der Waals surface area contributed by atoms with E-state index in [1.165, 1.54) is 11.5 Å². The van der Waals surface area contributed by atoms with Crippen molar-refractivity contribution in [3.05, 3.63) is 11.7 Å². The maximum Gasteiger partial charge on any atom is 0.246 e. The lowest BCUT2D eigenvalue weighted by Gasteiger charge is -2.27. The molecule has 2 rings (SSSR count). The average molecular weight is 301 g/mol. The highest BCUT2D eigenvalue weighted by molar-refractivity contribution is 8.06. The highest BCUT2D eigenvalue weighted by Crippen LogP contribution is 2.43. The number of aromatic nitrogens is 2. The second-order valence-corrected chi connectivity index (χ2v) is 7.82. The lowest BCUT2D eigenvalue weighted by molar-refractivity contribution is 0.270. The van der Waals surface area contributed by atoms with Crippen LogP contribution < -0.4 is 5.32 Å². The van der Waals surface area contributed by atoms with E-state index in [0.717, 1.165) is 18.8 Å². The predicted octanol–water partition coefficient (Wildman–Crippen LogP) is 3.21. The molecule has 19 heavy (non-hydrogen) atoms. The Balaban J connectivity index is 2.15. The van der Waals surface area contributed by atoms with E-state index in [9.17, 15) is 0 Å². The summed E-state index contributed by atoms with van der Waals surface area (Å²) in [7, 11) is 0. The lowest BCUT2D eigenvalue weighted by Crippen LogP contribution is -2.36. The minimum Gasteiger partial charge on any atom is -0.337 e. The zero-order chi connectivity index (χ0) is 13.9. The Labute approximate surface area is 123 Å². The van der Waals surface area contributed by atoms with Crippen LogP contribution in [0.15, 0.2) is 4.52 Å². The Bertz CT molecular complexity index is 408. The van der Waals surface area contributed by atoms with Crippen molar-refractivity contribution in [2.75, 3.05) is 18.1 Å². The van der Waals surface area contributed by atoms with Gasteiger partial charge in [0.2, 0.25) is 5.89 Å². The summed E-state index contributed by atoms with van der Waals surface area (Å²) in [6, 6.07) is 0. The van der Waals surface area contributed by atoms with Gasteiger partial charge in [-0.25, -0.2) is 0 Å². The van der Waals surface area contributed by atoms with Gasteiger partial charge in [-0.1, -0.05) is 19.0 Å². The topological polar surface area (TPSA) is 51.0 Å². The molecule has 1 saturated heterocycles. The average Bonchev–Trinajstić information content (AvgIpc) is 2.89. The first-order valence-corrected chi connectivity index (χ1v) is 9.00.